The van der Waals surface area contributed by atoms with Crippen LogP contribution >= 0.6 is 0 Å². The standard InChI is InChI=1S/C20H22N6O2/c1-28-16-6-4-14(5-7-16)17-11-18(25-24-17)20(27)23-15-3-2-10-26(13-15)19-12-21-8-9-22-19/h4-9,11-12,15H,2-3,10,13H2,1H3,(H,23,27)(H,24,25). The maximum absolute atomic E-state index is 12.7. The average Bonchev–Trinajstić information content (AvgIpc) is 3.25. The molecule has 1 aromatic carbocycles. The number of H-pyrrole nitrogens is 1. The number of aromatic nitrogens is 4. The fourth-order valence-corrected chi connectivity index (χ4v) is 3.37. The Morgan fingerprint density at radius 3 is 2.89 bits per heavy atom. The Balaban J connectivity index is 1.40. The number of amides is 1. The lowest BCUT2D eigenvalue weighted by Gasteiger charge is -2.33. The number of carbonyl (C=O) groups excluding carboxylic acids is 1. The minimum absolute atomic E-state index is 0.0518. The Labute approximate surface area is 163 Å². The molecule has 8 heteroatoms. The van der Waals surface area contributed by atoms with Gasteiger partial charge in [-0.15, -0.1) is 0 Å². The Morgan fingerprint density at radius 2 is 2.14 bits per heavy atom. The highest BCUT2D eigenvalue weighted by Gasteiger charge is 2.23. The summed E-state index contributed by atoms with van der Waals surface area (Å²) < 4.78 is 5.17. The number of hydrogen-bond donors (Lipinski definition) is 2. The van der Waals surface area contributed by atoms with E-state index in [2.05, 4.69) is 30.4 Å². The number of carbonyl (C=O) groups is 1. The molecule has 1 saturated heterocycles. The van der Waals surface area contributed by atoms with Gasteiger partial charge in [-0.05, 0) is 43.2 Å². The van der Waals surface area contributed by atoms with Crippen LogP contribution in [0.1, 0.15) is 23.3 Å². The zero-order valence-electron chi connectivity index (χ0n) is 15.6. The van der Waals surface area contributed by atoms with Crippen LogP contribution in [0.3, 0.4) is 0 Å². The molecule has 1 aliphatic heterocycles. The van der Waals surface area contributed by atoms with Crippen LogP contribution in [0.15, 0.2) is 48.9 Å². The predicted molar refractivity (Wildman–Crippen MR) is 105 cm³/mol. The molecule has 1 amide bonds. The van der Waals surface area contributed by atoms with E-state index in [1.165, 1.54) is 0 Å². The van der Waals surface area contributed by atoms with Gasteiger partial charge >= 0.3 is 0 Å². The van der Waals surface area contributed by atoms with Crippen molar-refractivity contribution in [3.8, 4) is 17.0 Å². The van der Waals surface area contributed by atoms with Crippen LogP contribution in [-0.4, -0.2) is 52.3 Å². The summed E-state index contributed by atoms with van der Waals surface area (Å²) in [6.45, 7) is 1.63. The first-order chi connectivity index (χ1) is 13.7. The van der Waals surface area contributed by atoms with Crippen molar-refractivity contribution in [2.75, 3.05) is 25.1 Å². The predicted octanol–water partition coefficient (Wildman–Crippen LogP) is 2.27. The van der Waals surface area contributed by atoms with Crippen molar-refractivity contribution < 1.29 is 9.53 Å². The highest BCUT2D eigenvalue weighted by molar-refractivity contribution is 5.93. The molecule has 1 atom stereocenters. The van der Waals surface area contributed by atoms with Crippen LogP contribution in [0.2, 0.25) is 0 Å². The molecule has 1 unspecified atom stereocenters. The molecule has 8 nitrogen and oxygen atoms in total. The topological polar surface area (TPSA) is 96.0 Å². The Hall–Kier alpha value is -3.42. The van der Waals surface area contributed by atoms with Crippen LogP contribution < -0.4 is 15.0 Å². The van der Waals surface area contributed by atoms with Crippen molar-refractivity contribution in [2.45, 2.75) is 18.9 Å². The monoisotopic (exact) mass is 378 g/mol. The number of ether oxygens (including phenoxy) is 1. The largest absolute Gasteiger partial charge is 0.497 e. The molecular formula is C20H22N6O2. The molecule has 1 fully saturated rings. The van der Waals surface area contributed by atoms with E-state index in [1.54, 1.807) is 31.8 Å². The van der Waals surface area contributed by atoms with Crippen LogP contribution in [0.25, 0.3) is 11.3 Å². The van der Waals surface area contributed by atoms with Crippen LogP contribution in [0, 0.1) is 0 Å². The zero-order valence-corrected chi connectivity index (χ0v) is 15.6. The maximum atomic E-state index is 12.7. The summed E-state index contributed by atoms with van der Waals surface area (Å²) >= 11 is 0. The van der Waals surface area contributed by atoms with Gasteiger partial charge < -0.3 is 15.0 Å². The van der Waals surface area contributed by atoms with Gasteiger partial charge in [-0.3, -0.25) is 14.9 Å². The van der Waals surface area contributed by atoms with Crippen molar-refractivity contribution in [3.05, 3.63) is 54.6 Å². The van der Waals surface area contributed by atoms with Gasteiger partial charge in [0.1, 0.15) is 17.3 Å². The maximum Gasteiger partial charge on any atom is 0.269 e. The number of piperidine rings is 1. The van der Waals surface area contributed by atoms with E-state index in [4.69, 9.17) is 4.74 Å². The number of nitrogens with one attached hydrogen (secondary N) is 2. The van der Waals surface area contributed by atoms with E-state index in [9.17, 15) is 4.79 Å². The van der Waals surface area contributed by atoms with Crippen molar-refractivity contribution in [1.29, 1.82) is 0 Å². The van der Waals surface area contributed by atoms with Crippen molar-refractivity contribution in [3.63, 3.8) is 0 Å². The van der Waals surface area contributed by atoms with Gasteiger partial charge in [0.2, 0.25) is 0 Å². The second-order valence-electron chi connectivity index (χ2n) is 6.72. The van der Waals surface area contributed by atoms with Gasteiger partial charge in [-0.1, -0.05) is 0 Å². The first kappa shape index (κ1) is 18.0. The number of benzene rings is 1. The number of rotatable bonds is 5. The molecule has 0 saturated carbocycles. The van der Waals surface area contributed by atoms with Crippen LogP contribution in [0.5, 0.6) is 5.75 Å². The molecule has 3 heterocycles. The lowest BCUT2D eigenvalue weighted by atomic mass is 10.1. The molecule has 4 rings (SSSR count). The fraction of sp³-hybridized carbons (Fsp3) is 0.300. The lowest BCUT2D eigenvalue weighted by Crippen LogP contribution is -2.48. The quantitative estimate of drug-likeness (QED) is 0.707. The summed E-state index contributed by atoms with van der Waals surface area (Å²) in [4.78, 5) is 23.3. The molecule has 144 valence electrons. The van der Waals surface area contributed by atoms with Gasteiger partial charge in [0, 0.05) is 37.1 Å². The van der Waals surface area contributed by atoms with Crippen molar-refractivity contribution >= 4 is 11.7 Å². The van der Waals surface area contributed by atoms with Crippen LogP contribution in [0.4, 0.5) is 5.82 Å². The summed E-state index contributed by atoms with van der Waals surface area (Å²) in [6.07, 6.45) is 7.01. The lowest BCUT2D eigenvalue weighted by molar-refractivity contribution is 0.0928. The van der Waals surface area contributed by atoms with Gasteiger partial charge in [-0.25, -0.2) is 4.98 Å². The summed E-state index contributed by atoms with van der Waals surface area (Å²) in [5, 5.41) is 10.2. The third kappa shape index (κ3) is 3.95. The number of nitrogens with zero attached hydrogens (tertiary/aromatic N) is 4. The molecule has 0 spiro atoms. The van der Waals surface area contributed by atoms with E-state index in [-0.39, 0.29) is 11.9 Å². The van der Waals surface area contributed by atoms with E-state index in [1.807, 2.05) is 24.3 Å². The second kappa shape index (κ2) is 8.08. The first-order valence-electron chi connectivity index (χ1n) is 9.24. The number of methoxy groups -OCH3 is 1. The minimum atomic E-state index is -0.154. The van der Waals surface area contributed by atoms with E-state index in [0.29, 0.717) is 12.2 Å². The molecule has 3 aromatic rings. The molecule has 2 N–H and O–H groups in total. The normalized spacial score (nSPS) is 16.6. The highest BCUT2D eigenvalue weighted by atomic mass is 16.5. The first-order valence-corrected chi connectivity index (χ1v) is 9.24. The Bertz CT molecular complexity index is 925. The van der Waals surface area contributed by atoms with Gasteiger partial charge in [0.25, 0.3) is 5.91 Å². The smallest absolute Gasteiger partial charge is 0.269 e. The third-order valence-electron chi connectivity index (χ3n) is 4.84. The zero-order chi connectivity index (χ0) is 19.3. The van der Waals surface area contributed by atoms with Gasteiger partial charge in [0.15, 0.2) is 0 Å². The van der Waals surface area contributed by atoms with E-state index < -0.39 is 0 Å². The molecule has 2 aromatic heterocycles. The average molecular weight is 378 g/mol. The van der Waals surface area contributed by atoms with E-state index in [0.717, 1.165) is 42.2 Å². The summed E-state index contributed by atoms with van der Waals surface area (Å²) in [5.74, 6) is 1.46. The summed E-state index contributed by atoms with van der Waals surface area (Å²) in [5.41, 5.74) is 2.09. The van der Waals surface area contributed by atoms with Gasteiger partial charge in [-0.2, -0.15) is 5.10 Å². The van der Waals surface area contributed by atoms with Crippen LogP contribution in [-0.2, 0) is 0 Å². The Morgan fingerprint density at radius 1 is 1.29 bits per heavy atom. The SMILES string of the molecule is COc1ccc(-c2cc(C(=O)NC3CCCN(c4cnccn4)C3)[nH]n2)cc1. The summed E-state index contributed by atoms with van der Waals surface area (Å²) in [6, 6.07) is 9.38. The Kier molecular flexibility index (Phi) is 5.18. The van der Waals surface area contributed by atoms with Crippen molar-refractivity contribution in [2.24, 2.45) is 0 Å². The molecule has 0 aliphatic carbocycles. The molecule has 1 aliphatic rings. The van der Waals surface area contributed by atoms with Gasteiger partial charge in [0.05, 0.1) is 19.0 Å². The number of aromatic amines is 1. The third-order valence-corrected chi connectivity index (χ3v) is 4.84. The fourth-order valence-electron chi connectivity index (χ4n) is 3.37. The second-order valence-corrected chi connectivity index (χ2v) is 6.72. The summed E-state index contributed by atoms with van der Waals surface area (Å²) in [7, 11) is 1.63. The molecule has 0 radical (unpaired) electrons. The van der Waals surface area contributed by atoms with E-state index >= 15 is 0 Å². The van der Waals surface area contributed by atoms with Crippen molar-refractivity contribution in [1.82, 2.24) is 25.5 Å². The number of anilines is 1. The molecule has 0 bridgehead atoms. The number of hydrogen-bond acceptors (Lipinski definition) is 6. The molecule has 28 heavy (non-hydrogen) atoms. The molecular weight excluding hydrogens is 356 g/mol. The minimum Gasteiger partial charge on any atom is -0.497 e. The highest BCUT2D eigenvalue weighted by Crippen LogP contribution is 2.21.